The van der Waals surface area contributed by atoms with Gasteiger partial charge in [-0.15, -0.1) is 0 Å². The fourth-order valence-electron chi connectivity index (χ4n) is 1.63. The third kappa shape index (κ3) is 10.9. The molecule has 0 radical (unpaired) electrons. The lowest BCUT2D eigenvalue weighted by Crippen LogP contribution is -1.91. The van der Waals surface area contributed by atoms with Crippen LogP contribution >= 0.6 is 23.5 Å². The first kappa shape index (κ1) is 15.8. The Hall–Kier alpha value is -0.220. The number of rotatable bonds is 0. The number of hydrogen-bond donors (Lipinski definition) is 0. The third-order valence-electron chi connectivity index (χ3n) is 2.63. The van der Waals surface area contributed by atoms with Crippen LogP contribution in [0.15, 0.2) is 24.8 Å². The molecule has 1 aromatic rings. The highest BCUT2D eigenvalue weighted by atomic mass is 32.2. The number of aromatic nitrogens is 2. The second-order valence-corrected chi connectivity index (χ2v) is 6.69. The molecule has 3 heterocycles. The minimum absolute atomic E-state index is 1.42. The van der Waals surface area contributed by atoms with Crippen LogP contribution in [0.25, 0.3) is 0 Å². The molecule has 2 saturated heterocycles. The third-order valence-corrected chi connectivity index (χ3v) is 4.94. The summed E-state index contributed by atoms with van der Waals surface area (Å²) in [6.45, 7) is 0. The molecule has 102 valence electrons. The maximum Gasteiger partial charge on any atom is 0.0451 e. The smallest absolute Gasteiger partial charge is 0.0451 e. The molecule has 0 saturated carbocycles. The lowest BCUT2D eigenvalue weighted by molar-refractivity contribution is 0.764. The van der Waals surface area contributed by atoms with Gasteiger partial charge in [-0.2, -0.15) is 23.5 Å². The van der Waals surface area contributed by atoms with Gasteiger partial charge >= 0.3 is 0 Å². The fourth-order valence-corrected chi connectivity index (χ4v) is 3.67. The van der Waals surface area contributed by atoms with Gasteiger partial charge in [-0.05, 0) is 48.7 Å². The van der Waals surface area contributed by atoms with Crippen molar-refractivity contribution in [2.45, 2.75) is 38.5 Å². The first-order chi connectivity index (χ1) is 9.00. The second kappa shape index (κ2) is 13.2. The largest absolute Gasteiger partial charge is 0.262 e. The minimum Gasteiger partial charge on any atom is -0.262 e. The molecular formula is C14H24N2S2. The van der Waals surface area contributed by atoms with Gasteiger partial charge in [-0.3, -0.25) is 9.97 Å². The molecule has 18 heavy (non-hydrogen) atoms. The number of thioether (sulfide) groups is 2. The van der Waals surface area contributed by atoms with Gasteiger partial charge in [0.1, 0.15) is 0 Å². The Labute approximate surface area is 120 Å². The maximum absolute atomic E-state index is 3.72. The predicted octanol–water partition coefficient (Wildman–Crippen LogP) is 4.28. The van der Waals surface area contributed by atoms with E-state index >= 15 is 0 Å². The van der Waals surface area contributed by atoms with E-state index in [0.29, 0.717) is 0 Å². The van der Waals surface area contributed by atoms with Crippen molar-refractivity contribution in [2.24, 2.45) is 0 Å². The highest BCUT2D eigenvalue weighted by Crippen LogP contribution is 2.15. The van der Waals surface area contributed by atoms with Crippen molar-refractivity contribution in [2.75, 3.05) is 23.0 Å². The quantitative estimate of drug-likeness (QED) is 0.710. The molecule has 2 aliphatic heterocycles. The van der Waals surface area contributed by atoms with Crippen molar-refractivity contribution >= 4 is 23.5 Å². The zero-order valence-corrected chi connectivity index (χ0v) is 12.7. The number of hydrogen-bond acceptors (Lipinski definition) is 4. The van der Waals surface area contributed by atoms with Crippen molar-refractivity contribution in [3.05, 3.63) is 24.8 Å². The van der Waals surface area contributed by atoms with E-state index in [-0.39, 0.29) is 0 Å². The summed E-state index contributed by atoms with van der Waals surface area (Å²) in [5.41, 5.74) is 0. The minimum atomic E-state index is 1.42. The van der Waals surface area contributed by atoms with Crippen LogP contribution in [0, 0.1) is 0 Å². The first-order valence-electron chi connectivity index (χ1n) is 6.85. The molecule has 2 fully saturated rings. The molecule has 0 aromatic carbocycles. The zero-order valence-electron chi connectivity index (χ0n) is 11.1. The van der Waals surface area contributed by atoms with Crippen LogP contribution < -0.4 is 0 Å². The standard InChI is InChI=1S/2C5H10S.C4H4N2/c2*1-2-4-6-5-3-1;1-2-6-4-3-5-1/h2*1-5H2;1-4H. The van der Waals surface area contributed by atoms with Crippen LogP contribution in [-0.4, -0.2) is 33.0 Å². The molecule has 0 amide bonds. The van der Waals surface area contributed by atoms with Crippen LogP contribution in [0.2, 0.25) is 0 Å². The van der Waals surface area contributed by atoms with Crippen molar-refractivity contribution in [1.29, 1.82) is 0 Å². The summed E-state index contributed by atoms with van der Waals surface area (Å²) in [5.74, 6) is 5.67. The summed E-state index contributed by atoms with van der Waals surface area (Å²) in [6, 6.07) is 0. The lowest BCUT2D eigenvalue weighted by atomic mass is 10.3. The molecule has 4 heteroatoms. The molecule has 0 unspecified atom stereocenters. The molecule has 2 aliphatic rings. The summed E-state index contributed by atoms with van der Waals surface area (Å²) in [4.78, 5) is 7.44. The summed E-state index contributed by atoms with van der Waals surface area (Å²) < 4.78 is 0. The van der Waals surface area contributed by atoms with Crippen LogP contribution in [0.4, 0.5) is 0 Å². The molecule has 0 aliphatic carbocycles. The Bertz CT molecular complexity index is 188. The van der Waals surface area contributed by atoms with Gasteiger partial charge in [0.05, 0.1) is 0 Å². The van der Waals surface area contributed by atoms with Gasteiger partial charge in [0.2, 0.25) is 0 Å². The Kier molecular flexibility index (Phi) is 11.6. The summed E-state index contributed by atoms with van der Waals surface area (Å²) in [7, 11) is 0. The Morgan fingerprint density at radius 3 is 0.944 bits per heavy atom. The van der Waals surface area contributed by atoms with E-state index in [4.69, 9.17) is 0 Å². The SMILES string of the molecule is C1CCSCC1.C1CCSCC1.c1cnccn1. The van der Waals surface area contributed by atoms with Gasteiger partial charge in [-0.1, -0.05) is 12.8 Å². The zero-order chi connectivity index (χ0) is 12.7. The van der Waals surface area contributed by atoms with E-state index in [1.54, 1.807) is 24.8 Å². The van der Waals surface area contributed by atoms with E-state index in [1.807, 2.05) is 0 Å². The van der Waals surface area contributed by atoms with Crippen LogP contribution in [-0.2, 0) is 0 Å². The van der Waals surface area contributed by atoms with E-state index in [9.17, 15) is 0 Å². The second-order valence-electron chi connectivity index (χ2n) is 4.24. The summed E-state index contributed by atoms with van der Waals surface area (Å²) in [6.07, 6.45) is 15.4. The van der Waals surface area contributed by atoms with E-state index in [2.05, 4.69) is 33.5 Å². The van der Waals surface area contributed by atoms with Gasteiger partial charge < -0.3 is 0 Å². The average molecular weight is 284 g/mol. The molecule has 1 aromatic heterocycles. The Morgan fingerprint density at radius 1 is 0.500 bits per heavy atom. The molecule has 2 nitrogen and oxygen atoms in total. The highest BCUT2D eigenvalue weighted by Gasteiger charge is 1.96. The molecule has 0 bridgehead atoms. The normalized spacial score (nSPS) is 18.7. The van der Waals surface area contributed by atoms with Crippen molar-refractivity contribution in [1.82, 2.24) is 9.97 Å². The average Bonchev–Trinajstić information content (AvgIpc) is 2.54. The molecular weight excluding hydrogens is 260 g/mol. The van der Waals surface area contributed by atoms with Crippen molar-refractivity contribution < 1.29 is 0 Å². The van der Waals surface area contributed by atoms with Crippen molar-refractivity contribution in [3.8, 4) is 0 Å². The van der Waals surface area contributed by atoms with E-state index in [1.165, 1.54) is 61.5 Å². The fraction of sp³-hybridized carbons (Fsp3) is 0.714. The van der Waals surface area contributed by atoms with Gasteiger partial charge in [0, 0.05) is 24.8 Å². The predicted molar refractivity (Wildman–Crippen MR) is 84.4 cm³/mol. The van der Waals surface area contributed by atoms with Crippen LogP contribution in [0.3, 0.4) is 0 Å². The molecule has 3 rings (SSSR count). The van der Waals surface area contributed by atoms with E-state index < -0.39 is 0 Å². The van der Waals surface area contributed by atoms with Crippen molar-refractivity contribution in [3.63, 3.8) is 0 Å². The lowest BCUT2D eigenvalue weighted by Gasteiger charge is -2.05. The molecule has 0 N–H and O–H groups in total. The molecule has 0 atom stereocenters. The van der Waals surface area contributed by atoms with Gasteiger partial charge in [-0.25, -0.2) is 0 Å². The summed E-state index contributed by atoms with van der Waals surface area (Å²) in [5, 5.41) is 0. The van der Waals surface area contributed by atoms with Gasteiger partial charge in [0.25, 0.3) is 0 Å². The van der Waals surface area contributed by atoms with Gasteiger partial charge in [0.15, 0.2) is 0 Å². The van der Waals surface area contributed by atoms with Crippen LogP contribution in [0.1, 0.15) is 38.5 Å². The Morgan fingerprint density at radius 2 is 0.833 bits per heavy atom. The maximum atomic E-state index is 3.72. The first-order valence-corrected chi connectivity index (χ1v) is 9.16. The Balaban J connectivity index is 0.000000135. The van der Waals surface area contributed by atoms with Crippen LogP contribution in [0.5, 0.6) is 0 Å². The topological polar surface area (TPSA) is 25.8 Å². The van der Waals surface area contributed by atoms with E-state index in [0.717, 1.165) is 0 Å². The summed E-state index contributed by atoms with van der Waals surface area (Å²) >= 11 is 4.19. The molecule has 0 spiro atoms. The number of nitrogens with zero attached hydrogens (tertiary/aromatic N) is 2. The monoisotopic (exact) mass is 284 g/mol. The highest BCUT2D eigenvalue weighted by molar-refractivity contribution is 7.99.